The second-order valence-corrected chi connectivity index (χ2v) is 2.64. The molecule has 4 nitrogen and oxygen atoms in total. The van der Waals surface area contributed by atoms with E-state index in [1.165, 1.54) is 0 Å². The number of aliphatic carboxylic acids is 1. The number of carboxylic acids is 1. The van der Waals surface area contributed by atoms with Crippen LogP contribution >= 0.6 is 0 Å². The Hall–Kier alpha value is -0.610. The fourth-order valence-corrected chi connectivity index (χ4v) is 0.871. The van der Waals surface area contributed by atoms with Crippen LogP contribution in [0, 0.1) is 5.92 Å². The Kier molecular flexibility index (Phi) is 2.24. The van der Waals surface area contributed by atoms with Crippen LogP contribution in [0.1, 0.15) is 19.3 Å². The molecule has 1 atom stereocenters. The summed E-state index contributed by atoms with van der Waals surface area (Å²) < 4.78 is 0. The fraction of sp³-hybridized carbons (Fsp3) is 0.833. The molecule has 1 aliphatic carbocycles. The van der Waals surface area contributed by atoms with E-state index in [9.17, 15) is 4.79 Å². The highest BCUT2D eigenvalue weighted by Gasteiger charge is 2.29. The van der Waals surface area contributed by atoms with E-state index in [0.29, 0.717) is 12.3 Å². The maximum atomic E-state index is 10.3. The number of hydrogen-bond acceptors (Lipinski definition) is 3. The summed E-state index contributed by atoms with van der Waals surface area (Å²) in [6.07, 6.45) is 2.00. The molecule has 0 heterocycles. The van der Waals surface area contributed by atoms with E-state index < -0.39 is 12.1 Å². The van der Waals surface area contributed by atoms with Gasteiger partial charge in [0.1, 0.15) is 0 Å². The molecule has 3 N–H and O–H groups in total. The van der Waals surface area contributed by atoms with Crippen molar-refractivity contribution in [3.63, 3.8) is 0 Å². The van der Waals surface area contributed by atoms with E-state index in [2.05, 4.69) is 4.84 Å². The quantitative estimate of drug-likeness (QED) is 0.551. The van der Waals surface area contributed by atoms with Crippen molar-refractivity contribution in [2.24, 2.45) is 11.8 Å². The van der Waals surface area contributed by atoms with E-state index in [1.807, 2.05) is 0 Å². The van der Waals surface area contributed by atoms with Gasteiger partial charge in [-0.3, -0.25) is 4.84 Å². The molecule has 0 aromatic heterocycles. The Morgan fingerprint density at radius 2 is 2.40 bits per heavy atom. The van der Waals surface area contributed by atoms with Gasteiger partial charge in [-0.25, -0.2) is 10.7 Å². The number of rotatable bonds is 4. The van der Waals surface area contributed by atoms with Gasteiger partial charge in [0.25, 0.3) is 0 Å². The smallest absolute Gasteiger partial charge is 0.334 e. The molecule has 0 aliphatic heterocycles. The molecule has 4 heteroatoms. The summed E-state index contributed by atoms with van der Waals surface area (Å²) in [6.45, 7) is 0. The third-order valence-electron chi connectivity index (χ3n) is 1.68. The summed E-state index contributed by atoms with van der Waals surface area (Å²) in [5.74, 6) is 4.34. The molecular formula is C6H11NO3. The lowest BCUT2D eigenvalue weighted by Crippen LogP contribution is -2.27. The Morgan fingerprint density at radius 3 is 2.70 bits per heavy atom. The zero-order valence-electron chi connectivity index (χ0n) is 5.62. The van der Waals surface area contributed by atoms with E-state index in [-0.39, 0.29) is 0 Å². The van der Waals surface area contributed by atoms with Crippen molar-refractivity contribution in [1.29, 1.82) is 0 Å². The summed E-state index contributed by atoms with van der Waals surface area (Å²) >= 11 is 0. The third-order valence-corrected chi connectivity index (χ3v) is 1.68. The molecule has 1 saturated carbocycles. The van der Waals surface area contributed by atoms with Crippen LogP contribution in [0.4, 0.5) is 0 Å². The van der Waals surface area contributed by atoms with Gasteiger partial charge in [0.2, 0.25) is 0 Å². The van der Waals surface area contributed by atoms with Crippen LogP contribution < -0.4 is 5.90 Å². The number of carbonyl (C=O) groups is 1. The average Bonchev–Trinajstić information content (AvgIpc) is 2.64. The van der Waals surface area contributed by atoms with Crippen LogP contribution in [0.2, 0.25) is 0 Å². The fourth-order valence-electron chi connectivity index (χ4n) is 0.871. The standard InChI is InChI=1S/C6H11NO3/c7-10-5(6(8)9)3-4-1-2-4/h4-5H,1-3,7H2,(H,8,9). The molecule has 0 bridgehead atoms. The number of nitrogens with two attached hydrogens (primary N) is 1. The van der Waals surface area contributed by atoms with Gasteiger partial charge < -0.3 is 5.11 Å². The van der Waals surface area contributed by atoms with E-state index >= 15 is 0 Å². The summed E-state index contributed by atoms with van der Waals surface area (Å²) in [5.41, 5.74) is 0. The van der Waals surface area contributed by atoms with Gasteiger partial charge in [0.15, 0.2) is 6.10 Å². The van der Waals surface area contributed by atoms with Crippen molar-refractivity contribution in [2.45, 2.75) is 25.4 Å². The third kappa shape index (κ3) is 1.97. The molecule has 0 amide bonds. The van der Waals surface area contributed by atoms with Crippen LogP contribution in [0.15, 0.2) is 0 Å². The van der Waals surface area contributed by atoms with Crippen molar-refractivity contribution in [3.8, 4) is 0 Å². The zero-order valence-corrected chi connectivity index (χ0v) is 5.62. The maximum Gasteiger partial charge on any atom is 0.334 e. The second-order valence-electron chi connectivity index (χ2n) is 2.64. The Labute approximate surface area is 58.9 Å². The topological polar surface area (TPSA) is 72.5 Å². The minimum Gasteiger partial charge on any atom is -0.479 e. The summed E-state index contributed by atoms with van der Waals surface area (Å²) in [6, 6.07) is 0. The molecule has 0 aromatic carbocycles. The first-order chi connectivity index (χ1) is 4.74. The highest BCUT2D eigenvalue weighted by Crippen LogP contribution is 2.33. The van der Waals surface area contributed by atoms with E-state index in [4.69, 9.17) is 11.0 Å². The molecule has 1 rings (SSSR count). The first-order valence-corrected chi connectivity index (χ1v) is 3.32. The van der Waals surface area contributed by atoms with Gasteiger partial charge in [-0.05, 0) is 12.3 Å². The predicted molar refractivity (Wildman–Crippen MR) is 34.0 cm³/mol. The van der Waals surface area contributed by atoms with Crippen molar-refractivity contribution in [2.75, 3.05) is 0 Å². The van der Waals surface area contributed by atoms with Crippen LogP contribution in [-0.2, 0) is 9.63 Å². The Balaban J connectivity index is 2.24. The molecule has 0 spiro atoms. The molecule has 1 aliphatic rings. The molecule has 1 unspecified atom stereocenters. The predicted octanol–water partition coefficient (Wildman–Crippen LogP) is 0.130. The lowest BCUT2D eigenvalue weighted by Gasteiger charge is -2.06. The van der Waals surface area contributed by atoms with Crippen molar-refractivity contribution in [3.05, 3.63) is 0 Å². The summed E-state index contributed by atoms with van der Waals surface area (Å²) in [7, 11) is 0. The minimum atomic E-state index is -0.964. The molecule has 10 heavy (non-hydrogen) atoms. The van der Waals surface area contributed by atoms with E-state index in [1.54, 1.807) is 0 Å². The molecule has 0 radical (unpaired) electrons. The van der Waals surface area contributed by atoms with Crippen LogP contribution in [0.3, 0.4) is 0 Å². The Morgan fingerprint density at radius 1 is 1.80 bits per heavy atom. The largest absolute Gasteiger partial charge is 0.479 e. The van der Waals surface area contributed by atoms with Crippen LogP contribution in [0.25, 0.3) is 0 Å². The van der Waals surface area contributed by atoms with Gasteiger partial charge in [-0.2, -0.15) is 0 Å². The summed E-state index contributed by atoms with van der Waals surface area (Å²) in [4.78, 5) is 14.6. The van der Waals surface area contributed by atoms with Gasteiger partial charge in [-0.1, -0.05) is 12.8 Å². The SMILES string of the molecule is NOC(CC1CC1)C(=O)O. The van der Waals surface area contributed by atoms with Crippen molar-refractivity contribution >= 4 is 5.97 Å². The highest BCUT2D eigenvalue weighted by atomic mass is 16.6. The lowest BCUT2D eigenvalue weighted by molar-refractivity contribution is -0.151. The second kappa shape index (κ2) is 2.98. The average molecular weight is 145 g/mol. The van der Waals surface area contributed by atoms with Gasteiger partial charge >= 0.3 is 5.97 Å². The zero-order chi connectivity index (χ0) is 7.56. The maximum absolute atomic E-state index is 10.3. The Bertz CT molecular complexity index is 133. The lowest BCUT2D eigenvalue weighted by atomic mass is 10.2. The van der Waals surface area contributed by atoms with Gasteiger partial charge in [0, 0.05) is 0 Å². The van der Waals surface area contributed by atoms with Gasteiger partial charge in [-0.15, -0.1) is 0 Å². The number of hydrogen-bond donors (Lipinski definition) is 2. The monoisotopic (exact) mass is 145 g/mol. The molecule has 0 saturated heterocycles. The minimum absolute atomic E-state index is 0.532. The van der Waals surface area contributed by atoms with Gasteiger partial charge in [0.05, 0.1) is 0 Å². The molecule has 0 aromatic rings. The first-order valence-electron chi connectivity index (χ1n) is 3.32. The van der Waals surface area contributed by atoms with Crippen LogP contribution in [-0.4, -0.2) is 17.2 Å². The van der Waals surface area contributed by atoms with E-state index in [0.717, 1.165) is 12.8 Å². The number of carboxylic acid groups (broad SMARTS) is 1. The highest BCUT2D eigenvalue weighted by molar-refractivity contribution is 5.72. The first kappa shape index (κ1) is 7.50. The molecular weight excluding hydrogens is 134 g/mol. The van der Waals surface area contributed by atoms with Crippen molar-refractivity contribution in [1.82, 2.24) is 0 Å². The normalized spacial score (nSPS) is 20.5. The molecule has 1 fully saturated rings. The summed E-state index contributed by atoms with van der Waals surface area (Å²) in [5, 5.41) is 8.44. The molecule has 58 valence electrons. The van der Waals surface area contributed by atoms with Crippen LogP contribution in [0.5, 0.6) is 0 Å². The van der Waals surface area contributed by atoms with Crippen molar-refractivity contribution < 1.29 is 14.7 Å².